The molecule has 1 atom stereocenters. The van der Waals surface area contributed by atoms with Crippen molar-refractivity contribution in [3.63, 3.8) is 0 Å². The monoisotopic (exact) mass is 234 g/mol. The lowest BCUT2D eigenvalue weighted by Crippen LogP contribution is -2.18. The zero-order valence-corrected chi connectivity index (χ0v) is 10.6. The average Bonchev–Trinajstić information content (AvgIpc) is 2.69. The largest absolute Gasteiger partial charge is 0.497 e. The van der Waals surface area contributed by atoms with Crippen LogP contribution in [0.1, 0.15) is 31.7 Å². The van der Waals surface area contributed by atoms with Crippen LogP contribution >= 0.6 is 0 Å². The van der Waals surface area contributed by atoms with Gasteiger partial charge in [0.15, 0.2) is 0 Å². The van der Waals surface area contributed by atoms with Crippen LogP contribution in [0.25, 0.3) is 0 Å². The van der Waals surface area contributed by atoms with Crippen molar-refractivity contribution < 1.29 is 14.3 Å². The Kier molecular flexibility index (Phi) is 3.09. The van der Waals surface area contributed by atoms with E-state index in [4.69, 9.17) is 9.47 Å². The van der Waals surface area contributed by atoms with E-state index in [-0.39, 0.29) is 5.41 Å². The average molecular weight is 234 g/mol. The number of ether oxygens (including phenoxy) is 2. The zero-order chi connectivity index (χ0) is 12.5. The zero-order valence-electron chi connectivity index (χ0n) is 10.6. The smallest absolute Gasteiger partial charge is 0.133 e. The Hall–Kier alpha value is -1.51. The Bertz CT molecular complexity index is 439. The Labute approximate surface area is 102 Å². The molecule has 0 aromatic heterocycles. The summed E-state index contributed by atoms with van der Waals surface area (Å²) >= 11 is 0. The van der Waals surface area contributed by atoms with E-state index in [9.17, 15) is 4.79 Å². The standard InChI is InChI=1S/C14H18O3/c1-14(7-6-10(15)9-14)12-5-4-11(16-2)8-13(12)17-3/h4-5,8H,6-7,9H2,1-3H3. The number of hydrogen-bond donors (Lipinski definition) is 0. The van der Waals surface area contributed by atoms with Crippen molar-refractivity contribution in [2.45, 2.75) is 31.6 Å². The Morgan fingerprint density at radius 1 is 1.24 bits per heavy atom. The molecule has 0 saturated heterocycles. The maximum atomic E-state index is 11.5. The maximum Gasteiger partial charge on any atom is 0.133 e. The van der Waals surface area contributed by atoms with Gasteiger partial charge in [0.05, 0.1) is 14.2 Å². The molecular formula is C14H18O3. The van der Waals surface area contributed by atoms with Gasteiger partial charge in [-0.1, -0.05) is 13.0 Å². The third-order valence-electron chi connectivity index (χ3n) is 3.60. The minimum Gasteiger partial charge on any atom is -0.497 e. The molecule has 1 fully saturated rings. The van der Waals surface area contributed by atoms with Crippen molar-refractivity contribution in [2.24, 2.45) is 0 Å². The predicted octanol–water partition coefficient (Wildman–Crippen LogP) is 2.71. The molecule has 1 aliphatic carbocycles. The Morgan fingerprint density at radius 2 is 2.00 bits per heavy atom. The van der Waals surface area contributed by atoms with Gasteiger partial charge in [0, 0.05) is 29.9 Å². The summed E-state index contributed by atoms with van der Waals surface area (Å²) in [5.41, 5.74) is 1.01. The second-order valence-corrected chi connectivity index (χ2v) is 4.84. The van der Waals surface area contributed by atoms with Gasteiger partial charge in [-0.2, -0.15) is 0 Å². The molecule has 3 heteroatoms. The van der Waals surface area contributed by atoms with E-state index in [1.807, 2.05) is 18.2 Å². The van der Waals surface area contributed by atoms with Crippen LogP contribution in [-0.4, -0.2) is 20.0 Å². The number of rotatable bonds is 3. The number of ketones is 1. The SMILES string of the molecule is COc1ccc(C2(C)CCC(=O)C2)c(OC)c1. The molecule has 1 aliphatic rings. The molecule has 1 aromatic carbocycles. The normalized spacial score (nSPS) is 23.8. The molecular weight excluding hydrogens is 216 g/mol. The molecule has 0 bridgehead atoms. The van der Waals surface area contributed by atoms with Crippen molar-refractivity contribution >= 4 is 5.78 Å². The number of methoxy groups -OCH3 is 2. The van der Waals surface area contributed by atoms with E-state index in [1.54, 1.807) is 14.2 Å². The second-order valence-electron chi connectivity index (χ2n) is 4.84. The topological polar surface area (TPSA) is 35.5 Å². The summed E-state index contributed by atoms with van der Waals surface area (Å²) < 4.78 is 10.6. The summed E-state index contributed by atoms with van der Waals surface area (Å²) in [6.07, 6.45) is 2.18. The van der Waals surface area contributed by atoms with Gasteiger partial charge in [0.1, 0.15) is 17.3 Å². The van der Waals surface area contributed by atoms with Gasteiger partial charge in [-0.25, -0.2) is 0 Å². The lowest BCUT2D eigenvalue weighted by Gasteiger charge is -2.25. The van der Waals surface area contributed by atoms with Crippen LogP contribution < -0.4 is 9.47 Å². The summed E-state index contributed by atoms with van der Waals surface area (Å²) in [6, 6.07) is 5.81. The van der Waals surface area contributed by atoms with Crippen molar-refractivity contribution in [1.29, 1.82) is 0 Å². The van der Waals surface area contributed by atoms with Gasteiger partial charge in [-0.15, -0.1) is 0 Å². The first-order valence-electron chi connectivity index (χ1n) is 5.83. The molecule has 3 nitrogen and oxygen atoms in total. The van der Waals surface area contributed by atoms with Crippen LogP contribution in [0.4, 0.5) is 0 Å². The molecule has 2 rings (SSSR count). The highest BCUT2D eigenvalue weighted by molar-refractivity contribution is 5.83. The van der Waals surface area contributed by atoms with Crippen LogP contribution in [0.3, 0.4) is 0 Å². The molecule has 92 valence electrons. The second kappa shape index (κ2) is 4.40. The minimum absolute atomic E-state index is 0.0886. The van der Waals surface area contributed by atoms with E-state index in [1.165, 1.54) is 0 Å². The molecule has 1 aromatic rings. The van der Waals surface area contributed by atoms with Gasteiger partial charge < -0.3 is 9.47 Å². The van der Waals surface area contributed by atoms with Crippen LogP contribution in [0.15, 0.2) is 18.2 Å². The van der Waals surface area contributed by atoms with E-state index in [2.05, 4.69) is 6.92 Å². The van der Waals surface area contributed by atoms with Gasteiger partial charge in [0.25, 0.3) is 0 Å². The predicted molar refractivity (Wildman–Crippen MR) is 65.8 cm³/mol. The Morgan fingerprint density at radius 3 is 2.53 bits per heavy atom. The highest BCUT2D eigenvalue weighted by Gasteiger charge is 2.37. The lowest BCUT2D eigenvalue weighted by atomic mass is 9.80. The number of carbonyl (C=O) groups excluding carboxylic acids is 1. The van der Waals surface area contributed by atoms with E-state index in [0.29, 0.717) is 18.6 Å². The fourth-order valence-electron chi connectivity index (χ4n) is 2.55. The molecule has 1 unspecified atom stereocenters. The third kappa shape index (κ3) is 2.14. The summed E-state index contributed by atoms with van der Waals surface area (Å²) in [5, 5.41) is 0. The first kappa shape index (κ1) is 12.0. The molecule has 0 N–H and O–H groups in total. The first-order chi connectivity index (χ1) is 8.09. The Balaban J connectivity index is 2.41. The number of Topliss-reactive ketones (excluding diaryl/α,β-unsaturated/α-hetero) is 1. The van der Waals surface area contributed by atoms with E-state index < -0.39 is 0 Å². The van der Waals surface area contributed by atoms with Gasteiger partial charge >= 0.3 is 0 Å². The van der Waals surface area contributed by atoms with Crippen molar-refractivity contribution in [2.75, 3.05) is 14.2 Å². The van der Waals surface area contributed by atoms with E-state index >= 15 is 0 Å². The molecule has 0 spiro atoms. The minimum atomic E-state index is -0.0886. The number of carbonyl (C=O) groups is 1. The quantitative estimate of drug-likeness (QED) is 0.806. The van der Waals surface area contributed by atoms with Gasteiger partial charge in [0.2, 0.25) is 0 Å². The van der Waals surface area contributed by atoms with Crippen molar-refractivity contribution in [3.05, 3.63) is 23.8 Å². The van der Waals surface area contributed by atoms with Gasteiger partial charge in [-0.3, -0.25) is 4.79 Å². The molecule has 0 aliphatic heterocycles. The summed E-state index contributed by atoms with van der Waals surface area (Å²) in [4.78, 5) is 11.5. The highest BCUT2D eigenvalue weighted by Crippen LogP contribution is 2.43. The molecule has 0 amide bonds. The first-order valence-corrected chi connectivity index (χ1v) is 5.83. The van der Waals surface area contributed by atoms with Crippen molar-refractivity contribution in [1.82, 2.24) is 0 Å². The fraction of sp³-hybridized carbons (Fsp3) is 0.500. The highest BCUT2D eigenvalue weighted by atomic mass is 16.5. The van der Waals surface area contributed by atoms with Gasteiger partial charge in [-0.05, 0) is 12.5 Å². The molecule has 0 heterocycles. The number of hydrogen-bond acceptors (Lipinski definition) is 3. The summed E-state index contributed by atoms with van der Waals surface area (Å²) in [6.45, 7) is 2.13. The molecule has 0 radical (unpaired) electrons. The van der Waals surface area contributed by atoms with E-state index in [0.717, 1.165) is 23.5 Å². The maximum absolute atomic E-state index is 11.5. The lowest BCUT2D eigenvalue weighted by molar-refractivity contribution is -0.117. The fourth-order valence-corrected chi connectivity index (χ4v) is 2.55. The van der Waals surface area contributed by atoms with Crippen molar-refractivity contribution in [3.8, 4) is 11.5 Å². The van der Waals surface area contributed by atoms with Crippen LogP contribution in [-0.2, 0) is 10.2 Å². The molecule has 17 heavy (non-hydrogen) atoms. The molecule has 1 saturated carbocycles. The summed E-state index contributed by atoms with van der Waals surface area (Å²) in [5.74, 6) is 1.92. The third-order valence-corrected chi connectivity index (χ3v) is 3.60. The number of benzene rings is 1. The van der Waals surface area contributed by atoms with Crippen LogP contribution in [0.5, 0.6) is 11.5 Å². The van der Waals surface area contributed by atoms with Crippen LogP contribution in [0, 0.1) is 0 Å². The van der Waals surface area contributed by atoms with Crippen LogP contribution in [0.2, 0.25) is 0 Å². The summed E-state index contributed by atoms with van der Waals surface area (Å²) in [7, 11) is 3.29.